The van der Waals surface area contributed by atoms with E-state index in [0.717, 1.165) is 16.7 Å². The SMILES string of the molecule is Cc1ccc(NS(=O)(=O)c2ccc(C(=O)OCC(=O)N(Cc3ccccc3)Cc3ccccc3)cc2)cc1. The van der Waals surface area contributed by atoms with Crippen molar-refractivity contribution in [1.82, 2.24) is 4.90 Å². The maximum atomic E-state index is 13.0. The van der Waals surface area contributed by atoms with Gasteiger partial charge in [-0.3, -0.25) is 9.52 Å². The molecule has 4 aromatic carbocycles. The van der Waals surface area contributed by atoms with Gasteiger partial charge in [-0.05, 0) is 54.4 Å². The van der Waals surface area contributed by atoms with E-state index in [1.54, 1.807) is 29.2 Å². The number of nitrogens with one attached hydrogen (secondary N) is 1. The van der Waals surface area contributed by atoms with Crippen molar-refractivity contribution in [2.45, 2.75) is 24.9 Å². The van der Waals surface area contributed by atoms with Crippen LogP contribution in [0.5, 0.6) is 0 Å². The highest BCUT2D eigenvalue weighted by Crippen LogP contribution is 2.18. The molecular formula is C30H28N2O5S. The molecule has 0 saturated heterocycles. The minimum absolute atomic E-state index is 0.00241. The van der Waals surface area contributed by atoms with E-state index in [0.29, 0.717) is 18.8 Å². The summed E-state index contributed by atoms with van der Waals surface area (Å²) in [6, 6.07) is 31.5. The van der Waals surface area contributed by atoms with Gasteiger partial charge in [-0.25, -0.2) is 13.2 Å². The van der Waals surface area contributed by atoms with Crippen molar-refractivity contribution in [3.05, 3.63) is 131 Å². The summed E-state index contributed by atoms with van der Waals surface area (Å²) in [5.41, 5.74) is 3.51. The third-order valence-electron chi connectivity index (χ3n) is 5.82. The van der Waals surface area contributed by atoms with Crippen molar-refractivity contribution in [3.8, 4) is 0 Å². The predicted molar refractivity (Wildman–Crippen MR) is 146 cm³/mol. The Bertz CT molecular complexity index is 1430. The number of anilines is 1. The second-order valence-corrected chi connectivity index (χ2v) is 10.5. The second kappa shape index (κ2) is 12.2. The van der Waals surface area contributed by atoms with Crippen LogP contribution in [0, 0.1) is 6.92 Å². The first kappa shape index (κ1) is 26.6. The fourth-order valence-corrected chi connectivity index (χ4v) is 4.81. The van der Waals surface area contributed by atoms with Gasteiger partial charge in [-0.2, -0.15) is 0 Å². The third kappa shape index (κ3) is 7.30. The van der Waals surface area contributed by atoms with Crippen LogP contribution >= 0.6 is 0 Å². The zero-order valence-corrected chi connectivity index (χ0v) is 21.7. The topological polar surface area (TPSA) is 92.8 Å². The number of hydrogen-bond donors (Lipinski definition) is 1. The van der Waals surface area contributed by atoms with E-state index in [2.05, 4.69) is 4.72 Å². The molecule has 0 aliphatic rings. The molecule has 0 atom stereocenters. The van der Waals surface area contributed by atoms with Crippen molar-refractivity contribution in [2.24, 2.45) is 0 Å². The summed E-state index contributed by atoms with van der Waals surface area (Å²) >= 11 is 0. The average Bonchev–Trinajstić information content (AvgIpc) is 2.93. The zero-order valence-electron chi connectivity index (χ0n) is 20.9. The van der Waals surface area contributed by atoms with Crippen molar-refractivity contribution >= 4 is 27.6 Å². The van der Waals surface area contributed by atoms with Gasteiger partial charge in [0.1, 0.15) is 0 Å². The molecule has 0 aromatic heterocycles. The van der Waals surface area contributed by atoms with E-state index in [9.17, 15) is 18.0 Å². The number of carbonyl (C=O) groups excluding carboxylic acids is 2. The van der Waals surface area contributed by atoms with Gasteiger partial charge >= 0.3 is 5.97 Å². The first-order chi connectivity index (χ1) is 18.3. The lowest BCUT2D eigenvalue weighted by Gasteiger charge is -2.23. The van der Waals surface area contributed by atoms with Crippen molar-refractivity contribution in [3.63, 3.8) is 0 Å². The van der Waals surface area contributed by atoms with Crippen molar-refractivity contribution in [1.29, 1.82) is 0 Å². The molecule has 0 spiro atoms. The Morgan fingerprint density at radius 1 is 0.737 bits per heavy atom. The Hall–Kier alpha value is -4.43. The van der Waals surface area contributed by atoms with Gasteiger partial charge in [0.25, 0.3) is 15.9 Å². The maximum Gasteiger partial charge on any atom is 0.338 e. The summed E-state index contributed by atoms with van der Waals surface area (Å²) in [6.45, 7) is 2.21. The van der Waals surface area contributed by atoms with Gasteiger partial charge in [-0.1, -0.05) is 78.4 Å². The molecule has 0 aliphatic carbocycles. The van der Waals surface area contributed by atoms with E-state index in [4.69, 9.17) is 4.74 Å². The molecule has 4 aromatic rings. The standard InChI is InChI=1S/C30H28N2O5S/c1-23-12-16-27(17-13-23)31-38(35,36)28-18-14-26(15-19-28)30(34)37-22-29(33)32(20-24-8-4-2-5-9-24)21-25-10-6-3-7-11-25/h2-19,31H,20-22H2,1H3. The van der Waals surface area contributed by atoms with Crippen LogP contribution in [0.15, 0.2) is 114 Å². The Balaban J connectivity index is 1.39. The number of hydrogen-bond acceptors (Lipinski definition) is 5. The van der Waals surface area contributed by atoms with Gasteiger partial charge in [0.2, 0.25) is 0 Å². The summed E-state index contributed by atoms with van der Waals surface area (Å²) in [4.78, 5) is 27.3. The van der Waals surface area contributed by atoms with Crippen LogP contribution in [0.4, 0.5) is 5.69 Å². The molecule has 0 saturated carbocycles. The molecule has 4 rings (SSSR count). The number of amides is 1. The van der Waals surface area contributed by atoms with Gasteiger partial charge in [0, 0.05) is 18.8 Å². The summed E-state index contributed by atoms with van der Waals surface area (Å²) < 4.78 is 33.2. The van der Waals surface area contributed by atoms with Gasteiger partial charge in [-0.15, -0.1) is 0 Å². The Morgan fingerprint density at radius 2 is 1.26 bits per heavy atom. The number of carbonyl (C=O) groups is 2. The largest absolute Gasteiger partial charge is 0.452 e. The molecule has 1 N–H and O–H groups in total. The number of ether oxygens (including phenoxy) is 1. The van der Waals surface area contributed by atoms with E-state index in [1.165, 1.54) is 24.3 Å². The zero-order chi connectivity index (χ0) is 27.0. The fraction of sp³-hybridized carbons (Fsp3) is 0.133. The van der Waals surface area contributed by atoms with Crippen molar-refractivity contribution in [2.75, 3.05) is 11.3 Å². The number of esters is 1. The van der Waals surface area contributed by atoms with Crippen LogP contribution in [-0.4, -0.2) is 31.8 Å². The molecule has 8 heteroatoms. The Morgan fingerprint density at radius 3 is 1.79 bits per heavy atom. The summed E-state index contributed by atoms with van der Waals surface area (Å²) in [6.07, 6.45) is 0. The molecule has 0 bridgehead atoms. The third-order valence-corrected chi connectivity index (χ3v) is 7.21. The fourth-order valence-electron chi connectivity index (χ4n) is 3.75. The normalized spacial score (nSPS) is 11.0. The van der Waals surface area contributed by atoms with Crippen LogP contribution in [-0.2, 0) is 32.6 Å². The lowest BCUT2D eigenvalue weighted by atomic mass is 10.1. The highest BCUT2D eigenvalue weighted by molar-refractivity contribution is 7.92. The van der Waals surface area contributed by atoms with E-state index >= 15 is 0 Å². The minimum Gasteiger partial charge on any atom is -0.452 e. The van der Waals surface area contributed by atoms with Crippen molar-refractivity contribution < 1.29 is 22.7 Å². The highest BCUT2D eigenvalue weighted by atomic mass is 32.2. The molecular weight excluding hydrogens is 500 g/mol. The molecule has 194 valence electrons. The predicted octanol–water partition coefficient (Wildman–Crippen LogP) is 5.18. The lowest BCUT2D eigenvalue weighted by molar-refractivity contribution is -0.135. The summed E-state index contributed by atoms with van der Waals surface area (Å²) in [5, 5.41) is 0. The molecule has 0 aliphatic heterocycles. The van der Waals surface area contributed by atoms with Crippen LogP contribution in [0.25, 0.3) is 0 Å². The number of nitrogens with zero attached hydrogens (tertiary/aromatic N) is 1. The number of aryl methyl sites for hydroxylation is 1. The Labute approximate surface area is 222 Å². The molecule has 0 radical (unpaired) electrons. The van der Waals surface area contributed by atoms with Gasteiger partial charge < -0.3 is 9.64 Å². The average molecular weight is 529 g/mol. The lowest BCUT2D eigenvalue weighted by Crippen LogP contribution is -2.33. The molecule has 7 nitrogen and oxygen atoms in total. The molecule has 1 amide bonds. The quantitative estimate of drug-likeness (QED) is 0.286. The number of benzene rings is 4. The van der Waals surface area contributed by atoms with Gasteiger partial charge in [0.05, 0.1) is 10.5 Å². The van der Waals surface area contributed by atoms with Crippen LogP contribution in [0.3, 0.4) is 0 Å². The summed E-state index contributed by atoms with van der Waals surface area (Å²) in [5.74, 6) is -1.05. The minimum atomic E-state index is -3.83. The first-order valence-corrected chi connectivity index (χ1v) is 13.5. The first-order valence-electron chi connectivity index (χ1n) is 12.0. The molecule has 38 heavy (non-hydrogen) atoms. The summed E-state index contributed by atoms with van der Waals surface area (Å²) in [7, 11) is -3.83. The number of sulfonamides is 1. The second-order valence-electron chi connectivity index (χ2n) is 8.79. The molecule has 0 heterocycles. The van der Waals surface area contributed by atoms with E-state index in [-0.39, 0.29) is 16.4 Å². The maximum absolute atomic E-state index is 13.0. The highest BCUT2D eigenvalue weighted by Gasteiger charge is 2.19. The van der Waals surface area contributed by atoms with Crippen LogP contribution < -0.4 is 4.72 Å². The molecule has 0 unspecified atom stereocenters. The molecule has 0 fully saturated rings. The van der Waals surface area contributed by atoms with Crippen LogP contribution in [0.2, 0.25) is 0 Å². The number of rotatable bonds is 10. The monoisotopic (exact) mass is 528 g/mol. The van der Waals surface area contributed by atoms with E-state index in [1.807, 2.05) is 67.6 Å². The van der Waals surface area contributed by atoms with Crippen LogP contribution in [0.1, 0.15) is 27.0 Å². The van der Waals surface area contributed by atoms with Gasteiger partial charge in [0.15, 0.2) is 6.61 Å². The Kier molecular flexibility index (Phi) is 8.55. The smallest absolute Gasteiger partial charge is 0.338 e. The van der Waals surface area contributed by atoms with E-state index < -0.39 is 22.6 Å².